The molecule has 2 amide bonds. The van der Waals surface area contributed by atoms with Crippen molar-refractivity contribution in [3.8, 4) is 0 Å². The molecule has 0 radical (unpaired) electrons. The third kappa shape index (κ3) is 6.35. The van der Waals surface area contributed by atoms with Gasteiger partial charge in [0.2, 0.25) is 0 Å². The predicted molar refractivity (Wildman–Crippen MR) is 40.5 cm³/mol. The third-order valence-electron chi connectivity index (χ3n) is 0.850. The molecule has 0 aliphatic rings. The summed E-state index contributed by atoms with van der Waals surface area (Å²) in [7, 11) is 1.12. The zero-order valence-electron chi connectivity index (χ0n) is 6.73. The fourth-order valence-corrected chi connectivity index (χ4v) is 0.352. The molecule has 0 rings (SSSR count). The molecule has 0 bridgehead atoms. The van der Waals surface area contributed by atoms with E-state index in [0.29, 0.717) is 6.08 Å². The summed E-state index contributed by atoms with van der Waals surface area (Å²) in [6.07, 6.45) is 0.532. The Labute approximate surface area is 73.3 Å². The summed E-state index contributed by atoms with van der Waals surface area (Å²) in [6, 6.07) is 0. The highest BCUT2D eigenvalue weighted by Crippen LogP contribution is 1.73. The monoisotopic (exact) mass is 188 g/mol. The van der Waals surface area contributed by atoms with Crippen LogP contribution in [0.25, 0.3) is 0 Å². The molecular weight excluding hydrogens is 180 g/mol. The molecule has 7 nitrogen and oxygen atoms in total. The molecule has 13 heavy (non-hydrogen) atoms. The average molecular weight is 188 g/mol. The van der Waals surface area contributed by atoms with Gasteiger partial charge in [-0.05, 0) is 0 Å². The number of carbonyl (C=O) groups excluding carboxylic acids is 2. The summed E-state index contributed by atoms with van der Waals surface area (Å²) in [5.74, 6) is -2.03. The molecule has 72 valence electrons. The number of carbonyl (C=O) groups is 3. The third-order valence-corrected chi connectivity index (χ3v) is 0.850. The van der Waals surface area contributed by atoms with E-state index >= 15 is 0 Å². The molecule has 0 fully saturated rings. The second-order valence-corrected chi connectivity index (χ2v) is 1.78. The van der Waals surface area contributed by atoms with Crippen LogP contribution >= 0.6 is 0 Å². The van der Waals surface area contributed by atoms with Crippen LogP contribution in [0.5, 0.6) is 0 Å². The number of hydrogen-bond donors (Lipinski definition) is 3. The van der Waals surface area contributed by atoms with E-state index < -0.39 is 18.0 Å². The minimum atomic E-state index is -1.26. The maximum Gasteiger partial charge on any atom is 0.425 e. The lowest BCUT2D eigenvalue weighted by molar-refractivity contribution is -0.131. The summed E-state index contributed by atoms with van der Waals surface area (Å²) in [6.45, 7) is 0. The molecular formula is C6H8N2O5. The second-order valence-electron chi connectivity index (χ2n) is 1.78. The van der Waals surface area contributed by atoms with Crippen LogP contribution in [0.2, 0.25) is 0 Å². The van der Waals surface area contributed by atoms with Crippen LogP contribution in [0, 0.1) is 0 Å². The quantitative estimate of drug-likeness (QED) is 0.381. The van der Waals surface area contributed by atoms with Gasteiger partial charge in [-0.15, -0.1) is 0 Å². The number of hydrazine groups is 1. The molecule has 7 heteroatoms. The second kappa shape index (κ2) is 5.58. The summed E-state index contributed by atoms with van der Waals surface area (Å²) >= 11 is 0. The molecule has 0 spiro atoms. The van der Waals surface area contributed by atoms with Crippen molar-refractivity contribution in [2.75, 3.05) is 7.11 Å². The first kappa shape index (κ1) is 11.0. The first-order valence-corrected chi connectivity index (χ1v) is 3.11. The predicted octanol–water partition coefficient (Wildman–Crippen LogP) is -0.986. The van der Waals surface area contributed by atoms with Crippen molar-refractivity contribution in [2.45, 2.75) is 0 Å². The maximum absolute atomic E-state index is 10.6. The highest BCUT2D eigenvalue weighted by Gasteiger charge is 1.99. The van der Waals surface area contributed by atoms with Crippen molar-refractivity contribution in [1.29, 1.82) is 0 Å². The Morgan fingerprint density at radius 3 is 2.31 bits per heavy atom. The van der Waals surface area contributed by atoms with Crippen molar-refractivity contribution in [3.05, 3.63) is 12.2 Å². The van der Waals surface area contributed by atoms with Crippen LogP contribution in [0.15, 0.2) is 12.2 Å². The summed E-state index contributed by atoms with van der Waals surface area (Å²) in [5.41, 5.74) is 3.73. The standard InChI is InChI=1S/C6H8N2O5/c1-13-6(12)8-7-4(9)2-3-5(10)11/h2-3H,1H3,(H,7,9)(H,8,12)(H,10,11)/b3-2-. The molecule has 3 N–H and O–H groups in total. The fraction of sp³-hybridized carbons (Fsp3) is 0.167. The Balaban J connectivity index is 3.76. The number of carboxylic acid groups (broad SMARTS) is 1. The van der Waals surface area contributed by atoms with Crippen LogP contribution in [-0.4, -0.2) is 30.2 Å². The van der Waals surface area contributed by atoms with Gasteiger partial charge >= 0.3 is 12.1 Å². The molecule has 0 aromatic heterocycles. The van der Waals surface area contributed by atoms with E-state index in [1.807, 2.05) is 10.9 Å². The van der Waals surface area contributed by atoms with Crippen LogP contribution in [0.1, 0.15) is 0 Å². The molecule has 0 aliphatic carbocycles. The van der Waals surface area contributed by atoms with E-state index in [4.69, 9.17) is 5.11 Å². The number of rotatable bonds is 2. The number of methoxy groups -OCH3 is 1. The SMILES string of the molecule is COC(=O)NNC(=O)/C=C\C(=O)O. The van der Waals surface area contributed by atoms with Gasteiger partial charge in [-0.3, -0.25) is 10.2 Å². The van der Waals surface area contributed by atoms with E-state index in [2.05, 4.69) is 4.74 Å². The van der Waals surface area contributed by atoms with Gasteiger partial charge in [0.15, 0.2) is 0 Å². The lowest BCUT2D eigenvalue weighted by Crippen LogP contribution is -2.40. The lowest BCUT2D eigenvalue weighted by atomic mass is 10.5. The molecule has 0 heterocycles. The number of nitrogens with one attached hydrogen (secondary N) is 2. The number of carboxylic acids is 1. The summed E-state index contributed by atoms with van der Waals surface area (Å²) in [4.78, 5) is 30.9. The van der Waals surface area contributed by atoms with Crippen LogP contribution in [0.3, 0.4) is 0 Å². The van der Waals surface area contributed by atoms with Gasteiger partial charge in [0.1, 0.15) is 0 Å². The summed E-state index contributed by atoms with van der Waals surface area (Å²) in [5, 5.41) is 8.11. The molecule has 0 unspecified atom stereocenters. The van der Waals surface area contributed by atoms with Gasteiger partial charge < -0.3 is 9.84 Å². The van der Waals surface area contributed by atoms with Gasteiger partial charge in [-0.2, -0.15) is 0 Å². The normalized spacial score (nSPS) is 9.31. The van der Waals surface area contributed by atoms with E-state index in [1.165, 1.54) is 0 Å². The van der Waals surface area contributed by atoms with Gasteiger partial charge in [0.05, 0.1) is 7.11 Å². The highest BCUT2D eigenvalue weighted by molar-refractivity contribution is 5.94. The van der Waals surface area contributed by atoms with E-state index in [-0.39, 0.29) is 0 Å². The number of aliphatic carboxylic acids is 1. The van der Waals surface area contributed by atoms with Gasteiger partial charge in [0.25, 0.3) is 5.91 Å². The highest BCUT2D eigenvalue weighted by atomic mass is 16.5. The van der Waals surface area contributed by atoms with Crippen LogP contribution in [0.4, 0.5) is 4.79 Å². The van der Waals surface area contributed by atoms with E-state index in [0.717, 1.165) is 13.2 Å². The minimum Gasteiger partial charge on any atom is -0.478 e. The number of amides is 2. The van der Waals surface area contributed by atoms with Crippen molar-refractivity contribution in [1.82, 2.24) is 10.9 Å². The lowest BCUT2D eigenvalue weighted by Gasteiger charge is -2.01. The Bertz CT molecular complexity index is 247. The van der Waals surface area contributed by atoms with Gasteiger partial charge in [-0.1, -0.05) is 0 Å². The van der Waals surface area contributed by atoms with Crippen molar-refractivity contribution >= 4 is 18.0 Å². The average Bonchev–Trinajstić information content (AvgIpc) is 2.10. The first-order chi connectivity index (χ1) is 6.06. The van der Waals surface area contributed by atoms with Gasteiger partial charge in [-0.25, -0.2) is 15.0 Å². The maximum atomic E-state index is 10.6. The molecule has 0 aromatic carbocycles. The van der Waals surface area contributed by atoms with E-state index in [9.17, 15) is 14.4 Å². The molecule has 0 saturated heterocycles. The molecule has 0 atom stereocenters. The molecule has 0 saturated carbocycles. The Hall–Kier alpha value is -2.05. The van der Waals surface area contributed by atoms with Gasteiger partial charge in [0, 0.05) is 12.2 Å². The number of hydrogen-bond acceptors (Lipinski definition) is 4. The Kier molecular flexibility index (Phi) is 4.70. The Morgan fingerprint density at radius 1 is 1.23 bits per heavy atom. The Morgan fingerprint density at radius 2 is 1.85 bits per heavy atom. The molecule has 0 aromatic rings. The first-order valence-electron chi connectivity index (χ1n) is 3.11. The number of ether oxygens (including phenoxy) is 1. The zero-order chi connectivity index (χ0) is 10.3. The van der Waals surface area contributed by atoms with E-state index in [1.54, 1.807) is 0 Å². The smallest absolute Gasteiger partial charge is 0.425 e. The minimum absolute atomic E-state index is 0.633. The molecule has 0 aliphatic heterocycles. The topological polar surface area (TPSA) is 105 Å². The largest absolute Gasteiger partial charge is 0.478 e. The van der Waals surface area contributed by atoms with Crippen LogP contribution in [-0.2, 0) is 14.3 Å². The van der Waals surface area contributed by atoms with Crippen molar-refractivity contribution in [2.24, 2.45) is 0 Å². The van der Waals surface area contributed by atoms with Crippen LogP contribution < -0.4 is 10.9 Å². The fourth-order valence-electron chi connectivity index (χ4n) is 0.352. The zero-order valence-corrected chi connectivity index (χ0v) is 6.73. The van der Waals surface area contributed by atoms with Crippen molar-refractivity contribution < 1.29 is 24.2 Å². The summed E-state index contributed by atoms with van der Waals surface area (Å²) < 4.78 is 4.12. The van der Waals surface area contributed by atoms with Crippen molar-refractivity contribution in [3.63, 3.8) is 0 Å².